The van der Waals surface area contributed by atoms with E-state index in [9.17, 15) is 0 Å². The summed E-state index contributed by atoms with van der Waals surface area (Å²) in [5.74, 6) is 0.642. The molecule has 2 N–H and O–H groups in total. The van der Waals surface area contributed by atoms with Crippen LogP contribution in [0.3, 0.4) is 0 Å². The lowest BCUT2D eigenvalue weighted by molar-refractivity contribution is 0.00128. The third kappa shape index (κ3) is 4.97. The van der Waals surface area contributed by atoms with Gasteiger partial charge in [-0.2, -0.15) is 0 Å². The van der Waals surface area contributed by atoms with E-state index in [0.29, 0.717) is 12.5 Å². The van der Waals surface area contributed by atoms with Gasteiger partial charge in [-0.1, -0.05) is 41.5 Å². The van der Waals surface area contributed by atoms with E-state index in [0.717, 1.165) is 13.2 Å². The van der Waals surface area contributed by atoms with Crippen LogP contribution in [0.4, 0.5) is 0 Å². The average Bonchev–Trinajstić information content (AvgIpc) is 2.03. The summed E-state index contributed by atoms with van der Waals surface area (Å²) in [6.45, 7) is 15.5. The zero-order chi connectivity index (χ0) is 11.4. The van der Waals surface area contributed by atoms with Gasteiger partial charge in [-0.3, -0.25) is 0 Å². The van der Waals surface area contributed by atoms with Gasteiger partial charge in [0.15, 0.2) is 0 Å². The van der Waals surface area contributed by atoms with E-state index in [-0.39, 0.29) is 10.8 Å². The van der Waals surface area contributed by atoms with Crippen molar-refractivity contribution in [2.75, 3.05) is 19.8 Å². The molecule has 0 aromatic heterocycles. The smallest absolute Gasteiger partial charge is 0.0529 e. The Morgan fingerprint density at radius 3 is 1.93 bits per heavy atom. The quantitative estimate of drug-likeness (QED) is 0.717. The fourth-order valence-electron chi connectivity index (χ4n) is 0.816. The molecular weight excluding hydrogens is 174 g/mol. The van der Waals surface area contributed by atoms with Crippen molar-refractivity contribution < 1.29 is 4.74 Å². The van der Waals surface area contributed by atoms with Gasteiger partial charge >= 0.3 is 0 Å². The van der Waals surface area contributed by atoms with Crippen molar-refractivity contribution in [3.05, 3.63) is 0 Å². The molecule has 14 heavy (non-hydrogen) atoms. The van der Waals surface area contributed by atoms with Gasteiger partial charge in [-0.05, 0) is 17.9 Å². The summed E-state index contributed by atoms with van der Waals surface area (Å²) in [4.78, 5) is 0. The molecule has 0 rings (SSSR count). The summed E-state index contributed by atoms with van der Waals surface area (Å²) in [6, 6.07) is 0. The highest BCUT2D eigenvalue weighted by Gasteiger charge is 2.24. The van der Waals surface area contributed by atoms with Gasteiger partial charge in [0.05, 0.1) is 13.2 Å². The molecule has 0 aliphatic rings. The molecule has 0 aromatic carbocycles. The monoisotopic (exact) mass is 201 g/mol. The summed E-state index contributed by atoms with van der Waals surface area (Å²) in [5.41, 5.74) is 5.99. The molecule has 0 fully saturated rings. The first-order valence-electron chi connectivity index (χ1n) is 5.49. The first-order valence-corrected chi connectivity index (χ1v) is 5.49. The predicted octanol–water partition coefficient (Wildman–Crippen LogP) is 2.67. The second kappa shape index (κ2) is 5.13. The first kappa shape index (κ1) is 13.9. The maximum atomic E-state index is 5.74. The van der Waals surface area contributed by atoms with Crippen LogP contribution in [0.1, 0.15) is 41.5 Å². The first-order chi connectivity index (χ1) is 6.21. The Morgan fingerprint density at radius 2 is 1.57 bits per heavy atom. The summed E-state index contributed by atoms with van der Waals surface area (Å²) >= 11 is 0. The molecule has 86 valence electrons. The Hall–Kier alpha value is -0.0800. The predicted molar refractivity (Wildman–Crippen MR) is 62.3 cm³/mol. The van der Waals surface area contributed by atoms with Gasteiger partial charge in [-0.15, -0.1) is 0 Å². The lowest BCUT2D eigenvalue weighted by Gasteiger charge is -2.31. The zero-order valence-corrected chi connectivity index (χ0v) is 10.7. The van der Waals surface area contributed by atoms with Crippen molar-refractivity contribution in [3.8, 4) is 0 Å². The van der Waals surface area contributed by atoms with Gasteiger partial charge in [-0.25, -0.2) is 0 Å². The second-order valence-electron chi connectivity index (χ2n) is 6.00. The number of hydrogen-bond donors (Lipinski definition) is 1. The van der Waals surface area contributed by atoms with E-state index in [1.165, 1.54) is 0 Å². The van der Waals surface area contributed by atoms with E-state index in [1.807, 2.05) is 0 Å². The van der Waals surface area contributed by atoms with E-state index in [1.54, 1.807) is 0 Å². The van der Waals surface area contributed by atoms with Crippen molar-refractivity contribution in [1.29, 1.82) is 0 Å². The molecule has 0 unspecified atom stereocenters. The van der Waals surface area contributed by atoms with Crippen molar-refractivity contribution in [2.24, 2.45) is 22.5 Å². The van der Waals surface area contributed by atoms with Crippen molar-refractivity contribution >= 4 is 0 Å². The van der Waals surface area contributed by atoms with Crippen LogP contribution >= 0.6 is 0 Å². The largest absolute Gasteiger partial charge is 0.380 e. The number of hydrogen-bond acceptors (Lipinski definition) is 2. The molecule has 0 saturated heterocycles. The Balaban J connectivity index is 3.85. The molecule has 0 aromatic rings. The van der Waals surface area contributed by atoms with Gasteiger partial charge in [0.1, 0.15) is 0 Å². The van der Waals surface area contributed by atoms with Gasteiger partial charge < -0.3 is 10.5 Å². The average molecular weight is 201 g/mol. The molecule has 0 amide bonds. The van der Waals surface area contributed by atoms with E-state index >= 15 is 0 Å². The molecule has 0 aliphatic carbocycles. The molecule has 0 atom stereocenters. The summed E-state index contributed by atoms with van der Waals surface area (Å²) in [6.07, 6.45) is 0. The van der Waals surface area contributed by atoms with Crippen molar-refractivity contribution in [3.63, 3.8) is 0 Å². The molecule has 0 saturated carbocycles. The van der Waals surface area contributed by atoms with E-state index in [2.05, 4.69) is 41.5 Å². The number of rotatable bonds is 6. The van der Waals surface area contributed by atoms with Crippen molar-refractivity contribution in [1.82, 2.24) is 0 Å². The van der Waals surface area contributed by atoms with Crippen LogP contribution in [0, 0.1) is 16.7 Å². The molecule has 0 bridgehead atoms. The second-order valence-corrected chi connectivity index (χ2v) is 6.00. The minimum absolute atomic E-state index is 0.104. The van der Waals surface area contributed by atoms with Crippen LogP contribution in [0.25, 0.3) is 0 Å². The Bertz CT molecular complexity index is 162. The minimum atomic E-state index is 0.104. The Labute approximate surface area is 89.2 Å². The van der Waals surface area contributed by atoms with Crippen LogP contribution in [0.15, 0.2) is 0 Å². The molecular formula is C12H27NO. The van der Waals surface area contributed by atoms with E-state index in [4.69, 9.17) is 10.5 Å². The SMILES string of the molecule is CC(C)C(C)(C)COCC(C)(C)CN. The van der Waals surface area contributed by atoms with Gasteiger partial charge in [0.2, 0.25) is 0 Å². The van der Waals surface area contributed by atoms with E-state index < -0.39 is 0 Å². The van der Waals surface area contributed by atoms with Gasteiger partial charge in [0.25, 0.3) is 0 Å². The number of ether oxygens (including phenoxy) is 1. The zero-order valence-electron chi connectivity index (χ0n) is 10.7. The normalized spacial score (nSPS) is 13.7. The van der Waals surface area contributed by atoms with Crippen molar-refractivity contribution in [2.45, 2.75) is 41.5 Å². The number of nitrogens with two attached hydrogens (primary N) is 1. The maximum Gasteiger partial charge on any atom is 0.0529 e. The topological polar surface area (TPSA) is 35.2 Å². The highest BCUT2D eigenvalue weighted by atomic mass is 16.5. The van der Waals surface area contributed by atoms with Crippen LogP contribution < -0.4 is 5.73 Å². The third-order valence-electron chi connectivity index (χ3n) is 3.08. The fourth-order valence-corrected chi connectivity index (χ4v) is 0.816. The third-order valence-corrected chi connectivity index (χ3v) is 3.08. The minimum Gasteiger partial charge on any atom is -0.380 e. The highest BCUT2D eigenvalue weighted by Crippen LogP contribution is 2.27. The summed E-state index contributed by atoms with van der Waals surface area (Å²) < 4.78 is 5.74. The summed E-state index contributed by atoms with van der Waals surface area (Å²) in [7, 11) is 0. The molecule has 2 nitrogen and oxygen atoms in total. The molecule has 0 radical (unpaired) electrons. The van der Waals surface area contributed by atoms with Gasteiger partial charge in [0, 0.05) is 5.41 Å². The van der Waals surface area contributed by atoms with Crippen LogP contribution in [-0.2, 0) is 4.74 Å². The van der Waals surface area contributed by atoms with Crippen LogP contribution in [0.2, 0.25) is 0 Å². The highest BCUT2D eigenvalue weighted by molar-refractivity contribution is 4.73. The van der Waals surface area contributed by atoms with Crippen LogP contribution in [-0.4, -0.2) is 19.8 Å². The molecule has 0 aliphatic heterocycles. The molecule has 0 spiro atoms. The molecule has 2 heteroatoms. The standard InChI is InChI=1S/C12H27NO/c1-10(2)12(5,6)9-14-8-11(3,4)7-13/h10H,7-9,13H2,1-6H3. The Morgan fingerprint density at radius 1 is 1.07 bits per heavy atom. The lowest BCUT2D eigenvalue weighted by atomic mass is 9.82. The van der Waals surface area contributed by atoms with Crippen LogP contribution in [0.5, 0.6) is 0 Å². The Kier molecular flexibility index (Phi) is 5.10. The summed E-state index contributed by atoms with van der Waals surface area (Å²) in [5, 5.41) is 0. The molecule has 0 heterocycles. The maximum absolute atomic E-state index is 5.74. The lowest BCUT2D eigenvalue weighted by Crippen LogP contribution is -2.32. The fraction of sp³-hybridized carbons (Fsp3) is 1.00.